The van der Waals surface area contributed by atoms with Gasteiger partial charge in [-0.2, -0.15) is 4.31 Å². The number of piperidine rings is 1. The summed E-state index contributed by atoms with van der Waals surface area (Å²) in [5, 5.41) is 14.0. The zero-order chi connectivity index (χ0) is 21.7. The number of aromatic nitrogens is 4. The van der Waals surface area contributed by atoms with Crippen LogP contribution in [0.5, 0.6) is 0 Å². The molecule has 1 amide bonds. The lowest BCUT2D eigenvalue weighted by Crippen LogP contribution is -2.45. The Hall–Kier alpha value is -2.59. The van der Waals surface area contributed by atoms with E-state index in [2.05, 4.69) is 26.9 Å². The van der Waals surface area contributed by atoms with Crippen LogP contribution in [0.2, 0.25) is 0 Å². The number of tetrazole rings is 1. The number of hydrogen-bond donors (Lipinski definition) is 1. The highest BCUT2D eigenvalue weighted by atomic mass is 32.2. The number of carbonyl (C=O) groups is 1. The van der Waals surface area contributed by atoms with Crippen LogP contribution in [0.15, 0.2) is 47.1 Å². The van der Waals surface area contributed by atoms with Crippen LogP contribution in [-0.4, -0.2) is 58.5 Å². The van der Waals surface area contributed by atoms with Gasteiger partial charge in [-0.3, -0.25) is 4.79 Å². The van der Waals surface area contributed by atoms with Crippen LogP contribution in [0.25, 0.3) is 5.69 Å². The highest BCUT2D eigenvalue weighted by molar-refractivity contribution is 7.89. The van der Waals surface area contributed by atoms with Gasteiger partial charge in [0.05, 0.1) is 16.5 Å². The molecule has 1 atom stereocenters. The molecule has 1 aliphatic heterocycles. The Kier molecular flexibility index (Phi) is 6.77. The fourth-order valence-corrected chi connectivity index (χ4v) is 5.72. The van der Waals surface area contributed by atoms with E-state index in [0.29, 0.717) is 31.6 Å². The van der Waals surface area contributed by atoms with Crippen LogP contribution in [0, 0.1) is 5.92 Å². The van der Waals surface area contributed by atoms with Gasteiger partial charge in [-0.25, -0.2) is 13.1 Å². The Morgan fingerprint density at radius 3 is 2.71 bits per heavy atom. The average Bonchev–Trinajstić information content (AvgIpc) is 3.35. The second kappa shape index (κ2) is 9.69. The molecule has 1 aromatic carbocycles. The van der Waals surface area contributed by atoms with Gasteiger partial charge >= 0.3 is 0 Å². The van der Waals surface area contributed by atoms with Crippen molar-refractivity contribution in [2.24, 2.45) is 5.92 Å². The smallest absolute Gasteiger partial charge is 0.243 e. The molecule has 2 aliphatic rings. The van der Waals surface area contributed by atoms with Gasteiger partial charge in [0.25, 0.3) is 0 Å². The third-order valence-electron chi connectivity index (χ3n) is 5.97. The Morgan fingerprint density at radius 2 is 2.00 bits per heavy atom. The average molecular weight is 445 g/mol. The Balaban J connectivity index is 1.35. The first kappa shape index (κ1) is 21.6. The molecule has 9 nitrogen and oxygen atoms in total. The van der Waals surface area contributed by atoms with Crippen molar-refractivity contribution in [3.8, 4) is 5.69 Å². The fourth-order valence-electron chi connectivity index (χ4n) is 4.20. The van der Waals surface area contributed by atoms with Crippen molar-refractivity contribution < 1.29 is 13.2 Å². The van der Waals surface area contributed by atoms with Crippen molar-refractivity contribution in [3.63, 3.8) is 0 Å². The molecule has 166 valence electrons. The quantitative estimate of drug-likeness (QED) is 0.655. The molecule has 0 bridgehead atoms. The lowest BCUT2D eigenvalue weighted by atomic mass is 9.96. The first-order valence-corrected chi connectivity index (χ1v) is 12.3. The molecule has 2 heterocycles. The number of nitrogens with zero attached hydrogens (tertiary/aromatic N) is 5. The molecule has 0 radical (unpaired) electrons. The summed E-state index contributed by atoms with van der Waals surface area (Å²) in [5.74, 6) is -0.366. The molecular weight excluding hydrogens is 416 g/mol. The molecule has 31 heavy (non-hydrogen) atoms. The third-order valence-corrected chi connectivity index (χ3v) is 7.85. The summed E-state index contributed by atoms with van der Waals surface area (Å²) in [6.45, 7) is 1.26. The third kappa shape index (κ3) is 5.19. The van der Waals surface area contributed by atoms with E-state index < -0.39 is 10.0 Å². The van der Waals surface area contributed by atoms with Crippen molar-refractivity contribution in [3.05, 3.63) is 42.2 Å². The number of hydrogen-bond acceptors (Lipinski definition) is 6. The Bertz CT molecular complexity index is 1020. The molecule has 0 unspecified atom stereocenters. The van der Waals surface area contributed by atoms with E-state index in [1.54, 1.807) is 24.3 Å². The molecule has 1 fully saturated rings. The summed E-state index contributed by atoms with van der Waals surface area (Å²) in [6, 6.07) is 6.43. The number of sulfonamides is 1. The van der Waals surface area contributed by atoms with Crippen molar-refractivity contribution >= 4 is 15.9 Å². The second-order valence-electron chi connectivity index (χ2n) is 8.10. The Labute approximate surface area is 182 Å². The van der Waals surface area contributed by atoms with Crippen LogP contribution in [0.1, 0.15) is 44.9 Å². The van der Waals surface area contributed by atoms with Crippen molar-refractivity contribution in [2.75, 3.05) is 19.6 Å². The Morgan fingerprint density at radius 1 is 1.16 bits per heavy atom. The highest BCUT2D eigenvalue weighted by Gasteiger charge is 2.33. The van der Waals surface area contributed by atoms with E-state index in [4.69, 9.17) is 0 Å². The van der Waals surface area contributed by atoms with Crippen molar-refractivity contribution in [1.29, 1.82) is 0 Å². The van der Waals surface area contributed by atoms with E-state index in [-0.39, 0.29) is 23.3 Å². The van der Waals surface area contributed by atoms with Gasteiger partial charge in [0.2, 0.25) is 15.9 Å². The van der Waals surface area contributed by atoms with Gasteiger partial charge in [0, 0.05) is 19.6 Å². The van der Waals surface area contributed by atoms with Gasteiger partial charge in [-0.1, -0.05) is 11.6 Å². The maximum absolute atomic E-state index is 13.1. The van der Waals surface area contributed by atoms with E-state index in [9.17, 15) is 13.2 Å². The predicted octanol–water partition coefficient (Wildman–Crippen LogP) is 2.07. The van der Waals surface area contributed by atoms with Crippen molar-refractivity contribution in [2.45, 2.75) is 49.8 Å². The molecule has 4 rings (SSSR count). The largest absolute Gasteiger partial charge is 0.356 e. The zero-order valence-corrected chi connectivity index (χ0v) is 18.3. The number of nitrogens with one attached hydrogen (secondary N) is 1. The van der Waals surface area contributed by atoms with E-state index >= 15 is 0 Å². The van der Waals surface area contributed by atoms with Gasteiger partial charge in [-0.15, -0.1) is 5.10 Å². The molecular formula is C21H28N6O3S. The number of allylic oxidation sites excluding steroid dienone is 1. The normalized spacial score (nSPS) is 20.3. The number of carbonyl (C=O) groups excluding carboxylic acids is 1. The lowest BCUT2D eigenvalue weighted by Gasteiger charge is -2.31. The van der Waals surface area contributed by atoms with Gasteiger partial charge in [0.15, 0.2) is 0 Å². The standard InChI is InChI=1S/C21H28N6O3S/c28-21(22-13-12-17-5-2-1-3-6-17)18-7-4-14-26(15-18)31(29,30)20-10-8-19(9-11-20)27-16-23-24-25-27/h5,8-11,16,18H,1-4,6-7,12-15H2,(H,22,28)/t18-/m0/s1. The highest BCUT2D eigenvalue weighted by Crippen LogP contribution is 2.25. The summed E-state index contributed by atoms with van der Waals surface area (Å²) in [6.07, 6.45) is 10.7. The second-order valence-corrected chi connectivity index (χ2v) is 10.0. The molecule has 1 N–H and O–H groups in total. The number of rotatable bonds is 7. The molecule has 0 spiro atoms. The molecule has 1 aliphatic carbocycles. The van der Waals surface area contributed by atoms with Gasteiger partial charge in [-0.05, 0) is 79.6 Å². The minimum Gasteiger partial charge on any atom is -0.356 e. The number of benzene rings is 1. The first-order valence-electron chi connectivity index (χ1n) is 10.8. The van der Waals surface area contributed by atoms with E-state index in [0.717, 1.165) is 19.3 Å². The molecule has 0 saturated carbocycles. The van der Waals surface area contributed by atoms with Crippen molar-refractivity contribution in [1.82, 2.24) is 29.8 Å². The fraction of sp³-hybridized carbons (Fsp3) is 0.524. The zero-order valence-electron chi connectivity index (χ0n) is 17.5. The maximum Gasteiger partial charge on any atom is 0.243 e. The van der Waals surface area contributed by atoms with Crippen LogP contribution in [0.4, 0.5) is 0 Å². The minimum absolute atomic E-state index is 0.0506. The summed E-state index contributed by atoms with van der Waals surface area (Å²) in [4.78, 5) is 12.9. The summed E-state index contributed by atoms with van der Waals surface area (Å²) >= 11 is 0. The topological polar surface area (TPSA) is 110 Å². The lowest BCUT2D eigenvalue weighted by molar-refractivity contribution is -0.126. The van der Waals surface area contributed by atoms with Crippen LogP contribution in [-0.2, 0) is 14.8 Å². The maximum atomic E-state index is 13.1. The summed E-state index contributed by atoms with van der Waals surface area (Å²) in [7, 11) is -3.67. The van der Waals surface area contributed by atoms with Crippen LogP contribution in [0.3, 0.4) is 0 Å². The summed E-state index contributed by atoms with van der Waals surface area (Å²) in [5.41, 5.74) is 2.09. The molecule has 10 heteroatoms. The number of amides is 1. The molecule has 1 aromatic heterocycles. The molecule has 1 saturated heterocycles. The minimum atomic E-state index is -3.67. The predicted molar refractivity (Wildman–Crippen MR) is 115 cm³/mol. The van der Waals surface area contributed by atoms with E-state index in [1.807, 2.05) is 0 Å². The van der Waals surface area contributed by atoms with Crippen LogP contribution >= 0.6 is 0 Å². The SMILES string of the molecule is O=C(NCCC1=CCCCC1)[C@H]1CCCN(S(=O)(=O)c2ccc(-n3cnnn3)cc2)C1. The molecule has 2 aromatic rings. The summed E-state index contributed by atoms with van der Waals surface area (Å²) < 4.78 is 29.1. The monoisotopic (exact) mass is 444 g/mol. The van der Waals surface area contributed by atoms with Gasteiger partial charge < -0.3 is 5.32 Å². The van der Waals surface area contributed by atoms with Crippen LogP contribution < -0.4 is 5.32 Å². The van der Waals surface area contributed by atoms with Gasteiger partial charge in [0.1, 0.15) is 6.33 Å². The first-order chi connectivity index (χ1) is 15.0. The van der Waals surface area contributed by atoms with E-state index in [1.165, 1.54) is 33.7 Å².